The normalized spacial score (nSPS) is 25.1. The summed E-state index contributed by atoms with van der Waals surface area (Å²) in [5, 5.41) is 2.96. The molecular weight excluding hydrogens is 228 g/mol. The van der Waals surface area contributed by atoms with E-state index in [9.17, 15) is 9.59 Å². The van der Waals surface area contributed by atoms with Crippen molar-refractivity contribution < 1.29 is 9.59 Å². The Bertz CT molecular complexity index is 331. The van der Waals surface area contributed by atoms with Gasteiger partial charge in [-0.3, -0.25) is 9.59 Å². The van der Waals surface area contributed by atoms with Crippen LogP contribution in [0.5, 0.6) is 0 Å². The minimum absolute atomic E-state index is 0.0209. The fourth-order valence-electron chi connectivity index (χ4n) is 3.27. The van der Waals surface area contributed by atoms with E-state index in [-0.39, 0.29) is 11.8 Å². The van der Waals surface area contributed by atoms with Gasteiger partial charge in [0.2, 0.25) is 11.8 Å². The van der Waals surface area contributed by atoms with Crippen molar-refractivity contribution in [3.63, 3.8) is 0 Å². The lowest BCUT2D eigenvalue weighted by Gasteiger charge is -2.36. The lowest BCUT2D eigenvalue weighted by molar-refractivity contribution is -0.141. The van der Waals surface area contributed by atoms with Crippen LogP contribution in [0.25, 0.3) is 0 Å². The molecule has 1 aliphatic heterocycles. The van der Waals surface area contributed by atoms with E-state index in [0.29, 0.717) is 31.8 Å². The summed E-state index contributed by atoms with van der Waals surface area (Å²) in [5.41, 5.74) is -0.657. The first-order chi connectivity index (χ1) is 8.63. The van der Waals surface area contributed by atoms with Crippen molar-refractivity contribution in [3.05, 3.63) is 0 Å². The summed E-state index contributed by atoms with van der Waals surface area (Å²) < 4.78 is 0. The van der Waals surface area contributed by atoms with Crippen molar-refractivity contribution in [3.8, 4) is 0 Å². The Morgan fingerprint density at radius 2 is 1.83 bits per heavy atom. The van der Waals surface area contributed by atoms with Crippen molar-refractivity contribution >= 4 is 11.8 Å². The second-order valence-electron chi connectivity index (χ2n) is 5.52. The molecule has 1 heterocycles. The molecule has 1 saturated heterocycles. The van der Waals surface area contributed by atoms with Crippen LogP contribution in [0.3, 0.4) is 0 Å². The van der Waals surface area contributed by atoms with E-state index in [0.717, 1.165) is 12.8 Å². The highest BCUT2D eigenvalue weighted by Gasteiger charge is 2.43. The van der Waals surface area contributed by atoms with Gasteiger partial charge >= 0.3 is 0 Å². The average Bonchev–Trinajstić information content (AvgIpc) is 2.86. The van der Waals surface area contributed by atoms with E-state index in [1.54, 1.807) is 0 Å². The first-order valence-electron chi connectivity index (χ1n) is 7.25. The van der Waals surface area contributed by atoms with E-state index in [4.69, 9.17) is 0 Å². The Balaban J connectivity index is 2.25. The van der Waals surface area contributed by atoms with Gasteiger partial charge in [0.15, 0.2) is 0 Å². The third-order valence-electron chi connectivity index (χ3n) is 4.60. The van der Waals surface area contributed by atoms with Gasteiger partial charge in [0, 0.05) is 19.0 Å². The van der Waals surface area contributed by atoms with Gasteiger partial charge in [0.1, 0.15) is 5.54 Å². The zero-order valence-electron chi connectivity index (χ0n) is 11.5. The van der Waals surface area contributed by atoms with Crippen molar-refractivity contribution in [1.29, 1.82) is 0 Å². The zero-order chi connectivity index (χ0) is 13.2. The standard InChI is InChI=1S/C14H24N2O2/c1-3-14(4-2)13(18)16(10-9-12(17)15-14)11-7-5-6-8-11/h11H,3-10H2,1-2H3,(H,15,17). The van der Waals surface area contributed by atoms with Gasteiger partial charge in [-0.15, -0.1) is 0 Å². The molecule has 1 N–H and O–H groups in total. The topological polar surface area (TPSA) is 49.4 Å². The number of nitrogens with zero attached hydrogens (tertiary/aromatic N) is 1. The average molecular weight is 252 g/mol. The van der Waals surface area contributed by atoms with Gasteiger partial charge in [0.05, 0.1) is 0 Å². The Hall–Kier alpha value is -1.06. The largest absolute Gasteiger partial charge is 0.342 e. The Labute approximate surface area is 109 Å². The van der Waals surface area contributed by atoms with Crippen molar-refractivity contribution in [1.82, 2.24) is 10.2 Å². The molecule has 0 aromatic heterocycles. The molecule has 0 spiro atoms. The first kappa shape index (κ1) is 13.4. The Morgan fingerprint density at radius 3 is 2.39 bits per heavy atom. The summed E-state index contributed by atoms with van der Waals surface area (Å²) in [4.78, 5) is 26.6. The van der Waals surface area contributed by atoms with Crippen molar-refractivity contribution in [2.45, 2.75) is 70.4 Å². The molecule has 0 bridgehead atoms. The maximum atomic E-state index is 12.8. The second kappa shape index (κ2) is 5.29. The van der Waals surface area contributed by atoms with Crippen LogP contribution >= 0.6 is 0 Å². The van der Waals surface area contributed by atoms with Gasteiger partial charge in [-0.2, -0.15) is 0 Å². The van der Waals surface area contributed by atoms with Gasteiger partial charge in [0.25, 0.3) is 0 Å². The molecule has 0 aromatic rings. The van der Waals surface area contributed by atoms with Crippen molar-refractivity contribution in [2.75, 3.05) is 6.54 Å². The van der Waals surface area contributed by atoms with E-state index in [2.05, 4.69) is 5.32 Å². The highest BCUT2D eigenvalue weighted by molar-refractivity contribution is 5.93. The first-order valence-corrected chi connectivity index (χ1v) is 7.25. The number of nitrogens with one attached hydrogen (secondary N) is 1. The van der Waals surface area contributed by atoms with Gasteiger partial charge in [-0.05, 0) is 25.7 Å². The molecule has 4 heteroatoms. The molecular formula is C14H24N2O2. The van der Waals surface area contributed by atoms with Crippen LogP contribution in [0.2, 0.25) is 0 Å². The number of rotatable bonds is 3. The van der Waals surface area contributed by atoms with E-state index in [1.165, 1.54) is 12.8 Å². The molecule has 2 rings (SSSR count). The number of carbonyl (C=O) groups is 2. The molecule has 2 fully saturated rings. The van der Waals surface area contributed by atoms with E-state index < -0.39 is 5.54 Å². The molecule has 0 radical (unpaired) electrons. The summed E-state index contributed by atoms with van der Waals surface area (Å²) in [7, 11) is 0. The van der Waals surface area contributed by atoms with E-state index >= 15 is 0 Å². The summed E-state index contributed by atoms with van der Waals surface area (Å²) in [6.07, 6.45) is 6.42. The number of hydrogen-bond acceptors (Lipinski definition) is 2. The zero-order valence-corrected chi connectivity index (χ0v) is 11.5. The third kappa shape index (κ3) is 2.25. The van der Waals surface area contributed by atoms with Crippen molar-refractivity contribution in [2.24, 2.45) is 0 Å². The highest BCUT2D eigenvalue weighted by Crippen LogP contribution is 2.29. The molecule has 4 nitrogen and oxygen atoms in total. The molecule has 102 valence electrons. The predicted molar refractivity (Wildman–Crippen MR) is 70.0 cm³/mol. The fourth-order valence-corrected chi connectivity index (χ4v) is 3.27. The van der Waals surface area contributed by atoms with Crippen LogP contribution in [0.15, 0.2) is 0 Å². The van der Waals surface area contributed by atoms with Gasteiger partial charge in [-0.1, -0.05) is 26.7 Å². The molecule has 1 saturated carbocycles. The summed E-state index contributed by atoms with van der Waals surface area (Å²) in [6.45, 7) is 4.57. The van der Waals surface area contributed by atoms with Crippen LogP contribution in [0.4, 0.5) is 0 Å². The molecule has 0 unspecified atom stereocenters. The minimum Gasteiger partial charge on any atom is -0.342 e. The lowest BCUT2D eigenvalue weighted by atomic mass is 9.90. The second-order valence-corrected chi connectivity index (χ2v) is 5.52. The lowest BCUT2D eigenvalue weighted by Crippen LogP contribution is -2.57. The predicted octanol–water partition coefficient (Wildman–Crippen LogP) is 1.84. The minimum atomic E-state index is -0.657. The monoisotopic (exact) mass is 252 g/mol. The molecule has 2 aliphatic rings. The maximum Gasteiger partial charge on any atom is 0.248 e. The Kier molecular flexibility index (Phi) is 3.93. The van der Waals surface area contributed by atoms with Crippen LogP contribution < -0.4 is 5.32 Å². The SMILES string of the molecule is CCC1(CC)NC(=O)CCN(C2CCCC2)C1=O. The molecule has 1 aliphatic carbocycles. The van der Waals surface area contributed by atoms with Crippen LogP contribution in [0, 0.1) is 0 Å². The molecule has 0 atom stereocenters. The van der Waals surface area contributed by atoms with Gasteiger partial charge < -0.3 is 10.2 Å². The number of carbonyl (C=O) groups excluding carboxylic acids is 2. The smallest absolute Gasteiger partial charge is 0.248 e. The van der Waals surface area contributed by atoms with Crippen LogP contribution in [0.1, 0.15) is 58.8 Å². The summed E-state index contributed by atoms with van der Waals surface area (Å²) >= 11 is 0. The third-order valence-corrected chi connectivity index (χ3v) is 4.60. The van der Waals surface area contributed by atoms with Gasteiger partial charge in [-0.25, -0.2) is 0 Å². The molecule has 18 heavy (non-hydrogen) atoms. The fraction of sp³-hybridized carbons (Fsp3) is 0.857. The highest BCUT2D eigenvalue weighted by atomic mass is 16.2. The van der Waals surface area contributed by atoms with Crippen LogP contribution in [-0.4, -0.2) is 34.8 Å². The summed E-state index contributed by atoms with van der Waals surface area (Å²) in [5.74, 6) is 0.165. The Morgan fingerprint density at radius 1 is 1.22 bits per heavy atom. The number of amides is 2. The maximum absolute atomic E-state index is 12.8. The quantitative estimate of drug-likeness (QED) is 0.833. The summed E-state index contributed by atoms with van der Waals surface area (Å²) in [6, 6.07) is 0.364. The molecule has 2 amide bonds. The molecule has 0 aromatic carbocycles. The number of hydrogen-bond donors (Lipinski definition) is 1. The van der Waals surface area contributed by atoms with E-state index in [1.807, 2.05) is 18.7 Å². The van der Waals surface area contributed by atoms with Crippen LogP contribution in [-0.2, 0) is 9.59 Å².